The summed E-state index contributed by atoms with van der Waals surface area (Å²) >= 11 is 0. The molecular formula is C12H25NO. The number of rotatable bonds is 2. The van der Waals surface area contributed by atoms with Crippen LogP contribution in [0.1, 0.15) is 34.1 Å². The molecule has 14 heavy (non-hydrogen) atoms. The van der Waals surface area contributed by atoms with Crippen LogP contribution in [0.15, 0.2) is 0 Å². The predicted molar refractivity (Wildman–Crippen MR) is 60.1 cm³/mol. The van der Waals surface area contributed by atoms with E-state index in [9.17, 15) is 0 Å². The Kier molecular flexibility index (Phi) is 3.59. The minimum Gasteiger partial charge on any atom is -0.384 e. The van der Waals surface area contributed by atoms with Crippen LogP contribution >= 0.6 is 0 Å². The topological polar surface area (TPSA) is 35.2 Å². The Hall–Kier alpha value is -0.0800. The highest BCUT2D eigenvalue weighted by atomic mass is 16.5. The third kappa shape index (κ3) is 1.96. The first-order valence-electron chi connectivity index (χ1n) is 5.65. The molecule has 2 heteroatoms. The lowest BCUT2D eigenvalue weighted by atomic mass is 9.58. The molecule has 1 saturated carbocycles. The summed E-state index contributed by atoms with van der Waals surface area (Å²) in [5.74, 6) is 1.87. The second-order valence-electron chi connectivity index (χ2n) is 5.53. The Morgan fingerprint density at radius 3 is 2.43 bits per heavy atom. The van der Waals surface area contributed by atoms with Crippen molar-refractivity contribution in [3.63, 3.8) is 0 Å². The summed E-state index contributed by atoms with van der Waals surface area (Å²) in [5.41, 5.74) is 6.57. The van der Waals surface area contributed by atoms with Crippen molar-refractivity contribution < 1.29 is 4.74 Å². The van der Waals surface area contributed by atoms with Gasteiger partial charge in [-0.3, -0.25) is 0 Å². The van der Waals surface area contributed by atoms with Gasteiger partial charge in [-0.05, 0) is 23.7 Å². The summed E-state index contributed by atoms with van der Waals surface area (Å²) in [6.07, 6.45) is 1.13. The van der Waals surface area contributed by atoms with Crippen LogP contribution < -0.4 is 5.73 Å². The van der Waals surface area contributed by atoms with Crippen molar-refractivity contribution in [2.24, 2.45) is 28.9 Å². The van der Waals surface area contributed by atoms with E-state index in [4.69, 9.17) is 10.5 Å². The maximum Gasteiger partial charge on any atom is 0.0508 e. The maximum absolute atomic E-state index is 6.19. The van der Waals surface area contributed by atoms with Crippen LogP contribution in [0.2, 0.25) is 0 Å². The van der Waals surface area contributed by atoms with E-state index in [1.54, 1.807) is 7.11 Å². The Balaban J connectivity index is 2.77. The third-order valence-electron chi connectivity index (χ3n) is 4.62. The van der Waals surface area contributed by atoms with Gasteiger partial charge in [0.1, 0.15) is 0 Å². The molecule has 1 aliphatic carbocycles. The van der Waals surface area contributed by atoms with Gasteiger partial charge in [0.25, 0.3) is 0 Å². The Morgan fingerprint density at radius 1 is 1.36 bits per heavy atom. The molecule has 1 fully saturated rings. The van der Waals surface area contributed by atoms with E-state index in [0.717, 1.165) is 13.0 Å². The molecule has 2 N–H and O–H groups in total. The zero-order valence-electron chi connectivity index (χ0n) is 10.2. The van der Waals surface area contributed by atoms with Gasteiger partial charge in [0, 0.05) is 19.1 Å². The molecule has 0 amide bonds. The zero-order valence-corrected chi connectivity index (χ0v) is 10.2. The normalized spacial score (nSPS) is 42.4. The second-order valence-corrected chi connectivity index (χ2v) is 5.53. The van der Waals surface area contributed by atoms with E-state index in [2.05, 4.69) is 27.7 Å². The van der Waals surface area contributed by atoms with Crippen molar-refractivity contribution in [2.75, 3.05) is 13.7 Å². The fourth-order valence-electron chi connectivity index (χ4n) is 2.72. The monoisotopic (exact) mass is 199 g/mol. The molecule has 0 aliphatic heterocycles. The summed E-state index contributed by atoms with van der Waals surface area (Å²) in [6.45, 7) is 10.2. The number of hydrogen-bond donors (Lipinski definition) is 1. The van der Waals surface area contributed by atoms with E-state index in [-0.39, 0.29) is 0 Å². The molecule has 0 spiro atoms. The lowest BCUT2D eigenvalue weighted by Gasteiger charge is -2.49. The summed E-state index contributed by atoms with van der Waals surface area (Å²) in [4.78, 5) is 0. The minimum atomic E-state index is 0.313. The molecule has 2 nitrogen and oxygen atoms in total. The molecule has 0 aromatic carbocycles. The quantitative estimate of drug-likeness (QED) is 0.740. The molecule has 84 valence electrons. The molecule has 4 atom stereocenters. The molecule has 0 saturated heterocycles. The van der Waals surface area contributed by atoms with Crippen molar-refractivity contribution in [3.05, 3.63) is 0 Å². The molecule has 0 bridgehead atoms. The molecule has 1 rings (SSSR count). The first-order chi connectivity index (χ1) is 6.41. The Labute approximate surface area is 88.2 Å². The van der Waals surface area contributed by atoms with E-state index < -0.39 is 0 Å². The summed E-state index contributed by atoms with van der Waals surface area (Å²) in [5, 5.41) is 0. The van der Waals surface area contributed by atoms with E-state index in [1.807, 2.05) is 0 Å². The zero-order chi connectivity index (χ0) is 10.9. The van der Waals surface area contributed by atoms with Crippen molar-refractivity contribution in [1.29, 1.82) is 0 Å². The van der Waals surface area contributed by atoms with Gasteiger partial charge in [-0.25, -0.2) is 0 Å². The fourth-order valence-corrected chi connectivity index (χ4v) is 2.72. The van der Waals surface area contributed by atoms with Gasteiger partial charge in [-0.1, -0.05) is 27.7 Å². The van der Waals surface area contributed by atoms with Gasteiger partial charge in [-0.15, -0.1) is 0 Å². The predicted octanol–water partition coefficient (Wildman–Crippen LogP) is 2.28. The van der Waals surface area contributed by atoms with Crippen LogP contribution in [0, 0.1) is 23.2 Å². The first-order valence-corrected chi connectivity index (χ1v) is 5.65. The van der Waals surface area contributed by atoms with Gasteiger partial charge in [0.05, 0.1) is 6.61 Å². The molecule has 0 unspecified atom stereocenters. The van der Waals surface area contributed by atoms with Crippen LogP contribution in [0.25, 0.3) is 0 Å². The standard InChI is InChI=1S/C12H25NO/c1-8-6-11(13)10(7-14-5)9(2)12(8,3)4/h8-11H,6-7,13H2,1-5H3/t8-,9+,10+,11+/m0/s1. The number of nitrogens with two attached hydrogens (primary N) is 1. The average Bonchev–Trinajstić information content (AvgIpc) is 2.10. The highest BCUT2D eigenvalue weighted by Crippen LogP contribution is 2.46. The van der Waals surface area contributed by atoms with Crippen LogP contribution in [-0.2, 0) is 4.74 Å². The van der Waals surface area contributed by atoms with Gasteiger partial charge >= 0.3 is 0 Å². The smallest absolute Gasteiger partial charge is 0.0508 e. The number of methoxy groups -OCH3 is 1. The largest absolute Gasteiger partial charge is 0.384 e. The summed E-state index contributed by atoms with van der Waals surface area (Å²) < 4.78 is 5.27. The van der Waals surface area contributed by atoms with Crippen molar-refractivity contribution in [1.82, 2.24) is 0 Å². The Morgan fingerprint density at radius 2 is 1.93 bits per heavy atom. The van der Waals surface area contributed by atoms with Gasteiger partial charge in [-0.2, -0.15) is 0 Å². The molecule has 0 aromatic heterocycles. The molecular weight excluding hydrogens is 174 g/mol. The summed E-state index contributed by atoms with van der Waals surface area (Å²) in [6, 6.07) is 0.313. The SMILES string of the molecule is COC[C@H]1[C@H](N)C[C@H](C)C(C)(C)[C@@H]1C. The highest BCUT2D eigenvalue weighted by molar-refractivity contribution is 4.95. The average molecular weight is 199 g/mol. The third-order valence-corrected chi connectivity index (χ3v) is 4.62. The fraction of sp³-hybridized carbons (Fsp3) is 1.00. The van der Waals surface area contributed by atoms with E-state index >= 15 is 0 Å². The minimum absolute atomic E-state index is 0.313. The second kappa shape index (κ2) is 4.19. The van der Waals surface area contributed by atoms with Crippen LogP contribution in [0.5, 0.6) is 0 Å². The van der Waals surface area contributed by atoms with Gasteiger partial charge in [0.2, 0.25) is 0 Å². The van der Waals surface area contributed by atoms with Crippen molar-refractivity contribution in [3.8, 4) is 0 Å². The van der Waals surface area contributed by atoms with Gasteiger partial charge in [0.15, 0.2) is 0 Å². The van der Waals surface area contributed by atoms with Crippen LogP contribution in [0.4, 0.5) is 0 Å². The lowest BCUT2D eigenvalue weighted by molar-refractivity contribution is -0.0168. The highest BCUT2D eigenvalue weighted by Gasteiger charge is 2.44. The first kappa shape index (κ1) is 12.0. The maximum atomic E-state index is 6.19. The molecule has 0 heterocycles. The van der Waals surface area contributed by atoms with Crippen molar-refractivity contribution in [2.45, 2.75) is 40.2 Å². The van der Waals surface area contributed by atoms with E-state index in [0.29, 0.717) is 29.2 Å². The molecule has 0 aromatic rings. The van der Waals surface area contributed by atoms with E-state index in [1.165, 1.54) is 0 Å². The number of ether oxygens (including phenoxy) is 1. The lowest BCUT2D eigenvalue weighted by Crippen LogP contribution is -2.51. The number of hydrogen-bond acceptors (Lipinski definition) is 2. The van der Waals surface area contributed by atoms with Gasteiger partial charge < -0.3 is 10.5 Å². The van der Waals surface area contributed by atoms with Crippen LogP contribution in [0.3, 0.4) is 0 Å². The van der Waals surface area contributed by atoms with Crippen molar-refractivity contribution >= 4 is 0 Å². The molecule has 0 radical (unpaired) electrons. The van der Waals surface area contributed by atoms with Crippen LogP contribution in [-0.4, -0.2) is 19.8 Å². The molecule has 1 aliphatic rings. The summed E-state index contributed by atoms with van der Waals surface area (Å²) in [7, 11) is 1.77. The Bertz CT molecular complexity index is 191.